The first kappa shape index (κ1) is 22.4. The summed E-state index contributed by atoms with van der Waals surface area (Å²) >= 11 is 0. The average Bonchev–Trinajstić information content (AvgIpc) is 2.72. The van der Waals surface area contributed by atoms with Crippen molar-refractivity contribution in [2.75, 3.05) is 26.8 Å². The highest BCUT2D eigenvalue weighted by Gasteiger charge is 2.14. The molecule has 0 aliphatic heterocycles. The second kappa shape index (κ2) is 13.3. The highest BCUT2D eigenvalue weighted by molar-refractivity contribution is 5.35. The molecule has 0 aliphatic carbocycles. The van der Waals surface area contributed by atoms with Gasteiger partial charge in [0.05, 0.1) is 0 Å². The van der Waals surface area contributed by atoms with Crippen molar-refractivity contribution in [3.05, 3.63) is 65.2 Å². The van der Waals surface area contributed by atoms with Crippen molar-refractivity contribution < 1.29 is 14.9 Å². The second-order valence-electron chi connectivity index (χ2n) is 7.26. The van der Waals surface area contributed by atoms with Gasteiger partial charge in [-0.25, -0.2) is 0 Å². The van der Waals surface area contributed by atoms with Crippen LogP contribution < -0.4 is 10.1 Å². The zero-order valence-corrected chi connectivity index (χ0v) is 17.1. The highest BCUT2D eigenvalue weighted by atomic mass is 16.5. The Balaban J connectivity index is 2.18. The topological polar surface area (TPSA) is 61.7 Å². The van der Waals surface area contributed by atoms with Crippen LogP contribution in [0, 0.1) is 0 Å². The number of unbranched alkanes of at least 4 members (excludes halogenated alkanes) is 2. The maximum atomic E-state index is 9.07. The Labute approximate surface area is 169 Å². The molecule has 2 aromatic rings. The summed E-state index contributed by atoms with van der Waals surface area (Å²) in [4.78, 5) is 0. The SMILES string of the molecule is CNCCC(Oc1cc(CCCCO)cc(CCCCO)c1)c1ccccc1. The molecule has 0 heterocycles. The number of benzene rings is 2. The quantitative estimate of drug-likeness (QED) is 0.430. The minimum atomic E-state index is 0.00614. The summed E-state index contributed by atoms with van der Waals surface area (Å²) in [6.07, 6.45) is 6.37. The Morgan fingerprint density at radius 2 is 1.46 bits per heavy atom. The van der Waals surface area contributed by atoms with E-state index in [0.717, 1.165) is 57.2 Å². The second-order valence-corrected chi connectivity index (χ2v) is 7.26. The zero-order chi connectivity index (χ0) is 20.0. The van der Waals surface area contributed by atoms with Crippen LogP contribution in [-0.4, -0.2) is 37.0 Å². The van der Waals surface area contributed by atoms with Crippen molar-refractivity contribution in [3.8, 4) is 5.75 Å². The molecule has 3 N–H and O–H groups in total. The van der Waals surface area contributed by atoms with Crippen LogP contribution in [0.15, 0.2) is 48.5 Å². The molecule has 1 atom stereocenters. The lowest BCUT2D eigenvalue weighted by atomic mass is 10.0. The first-order chi connectivity index (χ1) is 13.8. The number of hydrogen-bond donors (Lipinski definition) is 3. The number of aryl methyl sites for hydroxylation is 2. The molecule has 0 fully saturated rings. The fourth-order valence-electron chi connectivity index (χ4n) is 3.37. The van der Waals surface area contributed by atoms with Crippen LogP contribution in [0.1, 0.15) is 54.9 Å². The van der Waals surface area contributed by atoms with Crippen LogP contribution in [0.4, 0.5) is 0 Å². The van der Waals surface area contributed by atoms with Gasteiger partial charge in [-0.15, -0.1) is 0 Å². The summed E-state index contributed by atoms with van der Waals surface area (Å²) < 4.78 is 6.46. The summed E-state index contributed by atoms with van der Waals surface area (Å²) in [7, 11) is 1.96. The molecule has 0 radical (unpaired) electrons. The standard InChI is InChI=1S/C24H35NO3/c1-25-14-13-24(22-11-3-2-4-12-22)28-23-18-20(9-5-7-15-26)17-21(19-23)10-6-8-16-27/h2-4,11-12,17-19,24-27H,5-10,13-16H2,1H3. The van der Waals surface area contributed by atoms with E-state index in [9.17, 15) is 0 Å². The molecule has 0 saturated heterocycles. The number of aliphatic hydroxyl groups is 2. The summed E-state index contributed by atoms with van der Waals surface area (Å²) in [5.41, 5.74) is 3.70. The highest BCUT2D eigenvalue weighted by Crippen LogP contribution is 2.27. The van der Waals surface area contributed by atoms with Crippen molar-refractivity contribution in [2.45, 2.75) is 51.0 Å². The van der Waals surface area contributed by atoms with Gasteiger partial charge >= 0.3 is 0 Å². The lowest BCUT2D eigenvalue weighted by molar-refractivity contribution is 0.194. The molecule has 0 saturated carbocycles. The molecule has 28 heavy (non-hydrogen) atoms. The van der Waals surface area contributed by atoms with Crippen LogP contribution in [-0.2, 0) is 12.8 Å². The molecular weight excluding hydrogens is 350 g/mol. The molecule has 0 bridgehead atoms. The van der Waals surface area contributed by atoms with Crippen LogP contribution in [0.25, 0.3) is 0 Å². The van der Waals surface area contributed by atoms with Crippen LogP contribution in [0.3, 0.4) is 0 Å². The van der Waals surface area contributed by atoms with Gasteiger partial charge < -0.3 is 20.3 Å². The van der Waals surface area contributed by atoms with E-state index in [1.807, 2.05) is 13.1 Å². The number of nitrogens with one attached hydrogen (secondary N) is 1. The van der Waals surface area contributed by atoms with Crippen molar-refractivity contribution in [1.82, 2.24) is 5.32 Å². The van der Waals surface area contributed by atoms with Gasteiger partial charge in [0.25, 0.3) is 0 Å². The van der Waals surface area contributed by atoms with E-state index in [2.05, 4.69) is 47.8 Å². The molecule has 1 unspecified atom stereocenters. The number of hydrogen-bond acceptors (Lipinski definition) is 4. The molecule has 4 nitrogen and oxygen atoms in total. The molecule has 0 aliphatic rings. The van der Waals surface area contributed by atoms with Crippen molar-refractivity contribution in [1.29, 1.82) is 0 Å². The average molecular weight is 386 g/mol. The van der Waals surface area contributed by atoms with Crippen LogP contribution in [0.2, 0.25) is 0 Å². The Morgan fingerprint density at radius 3 is 2.00 bits per heavy atom. The predicted molar refractivity (Wildman–Crippen MR) is 115 cm³/mol. The van der Waals surface area contributed by atoms with Gasteiger partial charge in [0.1, 0.15) is 11.9 Å². The van der Waals surface area contributed by atoms with Gasteiger partial charge in [-0.3, -0.25) is 0 Å². The van der Waals surface area contributed by atoms with Gasteiger partial charge in [0, 0.05) is 19.6 Å². The Morgan fingerprint density at radius 1 is 0.857 bits per heavy atom. The molecular formula is C24H35NO3. The van der Waals surface area contributed by atoms with Crippen molar-refractivity contribution in [3.63, 3.8) is 0 Å². The van der Waals surface area contributed by atoms with Crippen LogP contribution in [0.5, 0.6) is 5.75 Å². The van der Waals surface area contributed by atoms with Gasteiger partial charge in [0.2, 0.25) is 0 Å². The summed E-state index contributed by atoms with van der Waals surface area (Å²) in [5, 5.41) is 21.4. The third-order valence-electron chi connectivity index (χ3n) is 4.88. The first-order valence-electron chi connectivity index (χ1n) is 10.5. The van der Waals surface area contributed by atoms with E-state index < -0.39 is 0 Å². The minimum Gasteiger partial charge on any atom is -0.486 e. The molecule has 2 aromatic carbocycles. The maximum absolute atomic E-state index is 9.07. The Hall–Kier alpha value is -1.88. The molecule has 0 spiro atoms. The first-order valence-corrected chi connectivity index (χ1v) is 10.5. The van der Waals surface area contributed by atoms with Gasteiger partial charge in [-0.05, 0) is 80.9 Å². The minimum absolute atomic E-state index is 0.00614. The number of ether oxygens (including phenoxy) is 1. The van der Waals surface area contributed by atoms with E-state index in [4.69, 9.17) is 14.9 Å². The van der Waals surface area contributed by atoms with Gasteiger partial charge in [-0.2, -0.15) is 0 Å². The van der Waals surface area contributed by atoms with Crippen molar-refractivity contribution >= 4 is 0 Å². The summed E-state index contributed by atoms with van der Waals surface area (Å²) in [6.45, 7) is 1.36. The third-order valence-corrected chi connectivity index (χ3v) is 4.88. The summed E-state index contributed by atoms with van der Waals surface area (Å²) in [5.74, 6) is 0.908. The van der Waals surface area contributed by atoms with E-state index >= 15 is 0 Å². The largest absolute Gasteiger partial charge is 0.486 e. The lowest BCUT2D eigenvalue weighted by Gasteiger charge is -2.21. The van der Waals surface area contributed by atoms with E-state index in [1.165, 1.54) is 16.7 Å². The fourth-order valence-corrected chi connectivity index (χ4v) is 3.37. The molecule has 0 amide bonds. The maximum Gasteiger partial charge on any atom is 0.125 e. The molecule has 0 aromatic heterocycles. The van der Waals surface area contributed by atoms with E-state index in [1.54, 1.807) is 0 Å². The number of aliphatic hydroxyl groups excluding tert-OH is 2. The molecule has 154 valence electrons. The van der Waals surface area contributed by atoms with Gasteiger partial charge in [0.15, 0.2) is 0 Å². The molecule has 2 rings (SSSR count). The Bertz CT molecular complexity index is 632. The van der Waals surface area contributed by atoms with E-state index in [0.29, 0.717) is 0 Å². The zero-order valence-electron chi connectivity index (χ0n) is 17.1. The van der Waals surface area contributed by atoms with Gasteiger partial charge in [-0.1, -0.05) is 36.4 Å². The fraction of sp³-hybridized carbons (Fsp3) is 0.500. The number of rotatable bonds is 14. The smallest absolute Gasteiger partial charge is 0.125 e. The third kappa shape index (κ3) is 8.01. The lowest BCUT2D eigenvalue weighted by Crippen LogP contribution is -2.16. The normalized spacial score (nSPS) is 12.1. The summed E-state index contributed by atoms with van der Waals surface area (Å²) in [6, 6.07) is 16.9. The molecule has 4 heteroatoms. The van der Waals surface area contributed by atoms with Crippen LogP contribution >= 0.6 is 0 Å². The monoisotopic (exact) mass is 385 g/mol. The predicted octanol–water partition coefficient (Wildman–Crippen LogP) is 4.05. The Kier molecular flexibility index (Phi) is 10.7. The van der Waals surface area contributed by atoms with Crippen molar-refractivity contribution in [2.24, 2.45) is 0 Å². The van der Waals surface area contributed by atoms with E-state index in [-0.39, 0.29) is 19.3 Å².